The predicted octanol–water partition coefficient (Wildman–Crippen LogP) is 0.742. The van der Waals surface area contributed by atoms with E-state index in [4.69, 9.17) is 0 Å². The van der Waals surface area contributed by atoms with E-state index in [1.165, 1.54) is 0 Å². The molecule has 0 spiro atoms. The molecule has 1 aromatic rings. The van der Waals surface area contributed by atoms with Crippen molar-refractivity contribution in [3.05, 3.63) is 38.4 Å². The molecule has 16 nitrogen and oxygen atoms in total. The molecule has 0 fully saturated rings. The molecular weight excluding hydrogens is 496 g/mol. The number of non-ortho nitro benzene ring substituents is 2. The number of nitro benzene ring substituents is 2. The Hall–Kier alpha value is -4.34. The first-order valence-corrected chi connectivity index (χ1v) is 11.1. The number of amides is 4. The lowest BCUT2D eigenvalue weighted by atomic mass is 10.00. The van der Waals surface area contributed by atoms with Gasteiger partial charge in [-0.3, -0.25) is 29.8 Å². The number of carbonyl (C=O) groups excluding carboxylic acids is 3. The number of aliphatic hydroxyl groups excluding tert-OH is 1. The van der Waals surface area contributed by atoms with Crippen molar-refractivity contribution in [3.63, 3.8) is 0 Å². The van der Waals surface area contributed by atoms with Crippen LogP contribution in [0.5, 0.6) is 0 Å². The van der Waals surface area contributed by atoms with Crippen molar-refractivity contribution in [1.82, 2.24) is 16.0 Å². The molecule has 0 aliphatic carbocycles. The molecule has 6 N–H and O–H groups in total. The zero-order valence-corrected chi connectivity index (χ0v) is 20.6. The Morgan fingerprint density at radius 3 is 1.78 bits per heavy atom. The number of carboxylic acid groups (broad SMARTS) is 1. The van der Waals surface area contributed by atoms with Crippen LogP contribution in [0, 0.1) is 32.1 Å². The smallest absolute Gasteiger partial charge is 0.326 e. The summed E-state index contributed by atoms with van der Waals surface area (Å²) in [7, 11) is 0. The highest BCUT2D eigenvalue weighted by atomic mass is 16.6. The normalized spacial score (nSPS) is 13.3. The largest absolute Gasteiger partial charge is 0.480 e. The second-order valence-electron chi connectivity index (χ2n) is 8.85. The van der Waals surface area contributed by atoms with Crippen molar-refractivity contribution in [2.45, 2.75) is 52.2 Å². The Bertz CT molecular complexity index is 1010. The molecule has 0 aromatic heterocycles. The van der Waals surface area contributed by atoms with E-state index in [1.54, 1.807) is 27.7 Å². The van der Waals surface area contributed by atoms with Gasteiger partial charge in [-0.15, -0.1) is 0 Å². The number of aliphatic carboxylic acids is 1. The van der Waals surface area contributed by atoms with Crippen LogP contribution in [0.4, 0.5) is 21.9 Å². The van der Waals surface area contributed by atoms with Crippen molar-refractivity contribution >= 4 is 40.9 Å². The third-order valence-corrected chi connectivity index (χ3v) is 4.96. The summed E-state index contributed by atoms with van der Waals surface area (Å²) < 4.78 is 0. The van der Waals surface area contributed by atoms with E-state index in [-0.39, 0.29) is 18.0 Å². The van der Waals surface area contributed by atoms with Crippen molar-refractivity contribution in [3.8, 4) is 0 Å². The van der Waals surface area contributed by atoms with E-state index in [9.17, 15) is 49.6 Å². The Labute approximate surface area is 211 Å². The molecule has 4 amide bonds. The Kier molecular flexibility index (Phi) is 11.3. The van der Waals surface area contributed by atoms with Gasteiger partial charge in [0.2, 0.25) is 11.8 Å². The molecule has 16 heteroatoms. The standard InChI is InChI=1S/C21H30N6O10/c1-10(2)5-15(18(29)25-17(11(3)4)20(31)32)23-19(30)16(9-28)24-21(33)22-12-6-13(26(34)35)8-14(7-12)27(36)37/h6-8,10-11,15-17,28H,5,9H2,1-4H3,(H,23,30)(H,25,29)(H,31,32)(H2,22,24,33)/t15-,16-,17-/m0/s1. The molecule has 1 rings (SSSR count). The molecule has 0 saturated heterocycles. The highest BCUT2D eigenvalue weighted by Gasteiger charge is 2.31. The number of rotatable bonds is 13. The highest BCUT2D eigenvalue weighted by Crippen LogP contribution is 2.25. The van der Waals surface area contributed by atoms with Crippen molar-refractivity contribution in [2.24, 2.45) is 11.8 Å². The van der Waals surface area contributed by atoms with Gasteiger partial charge in [-0.25, -0.2) is 9.59 Å². The van der Waals surface area contributed by atoms with Crippen LogP contribution in [0.3, 0.4) is 0 Å². The van der Waals surface area contributed by atoms with Gasteiger partial charge in [0.05, 0.1) is 28.2 Å². The van der Waals surface area contributed by atoms with Crippen molar-refractivity contribution < 1.29 is 39.2 Å². The number of nitro groups is 2. The van der Waals surface area contributed by atoms with Gasteiger partial charge in [-0.2, -0.15) is 0 Å². The van der Waals surface area contributed by atoms with Crippen LogP contribution in [0.15, 0.2) is 18.2 Å². The van der Waals surface area contributed by atoms with Crippen LogP contribution in [0.1, 0.15) is 34.1 Å². The van der Waals surface area contributed by atoms with Crippen LogP contribution in [-0.4, -0.2) is 68.6 Å². The molecule has 0 unspecified atom stereocenters. The number of carboxylic acids is 1. The van der Waals surface area contributed by atoms with Gasteiger partial charge in [0.25, 0.3) is 11.4 Å². The van der Waals surface area contributed by atoms with Gasteiger partial charge in [-0.1, -0.05) is 27.7 Å². The lowest BCUT2D eigenvalue weighted by Crippen LogP contribution is -2.57. The molecule has 0 aliphatic rings. The molecule has 37 heavy (non-hydrogen) atoms. The van der Waals surface area contributed by atoms with Gasteiger partial charge in [0, 0.05) is 12.1 Å². The van der Waals surface area contributed by atoms with Gasteiger partial charge in [-0.05, 0) is 18.3 Å². The van der Waals surface area contributed by atoms with Crippen LogP contribution in [-0.2, 0) is 14.4 Å². The third kappa shape index (κ3) is 9.67. The lowest BCUT2D eigenvalue weighted by molar-refractivity contribution is -0.394. The van der Waals surface area contributed by atoms with E-state index in [2.05, 4.69) is 21.3 Å². The van der Waals surface area contributed by atoms with Crippen molar-refractivity contribution in [1.29, 1.82) is 0 Å². The number of nitrogens with one attached hydrogen (secondary N) is 4. The summed E-state index contributed by atoms with van der Waals surface area (Å²) >= 11 is 0. The number of carbonyl (C=O) groups is 4. The molecule has 0 heterocycles. The maximum absolute atomic E-state index is 12.7. The van der Waals surface area contributed by atoms with Crippen LogP contribution >= 0.6 is 0 Å². The van der Waals surface area contributed by atoms with E-state index < -0.39 is 75.7 Å². The Balaban J connectivity index is 2.99. The first-order chi connectivity index (χ1) is 17.2. The van der Waals surface area contributed by atoms with E-state index >= 15 is 0 Å². The van der Waals surface area contributed by atoms with E-state index in [0.717, 1.165) is 12.1 Å². The SMILES string of the molecule is CC(C)C[C@H](NC(=O)[C@H](CO)NC(=O)Nc1cc([N+](=O)[O-])cc([N+](=O)[O-])c1)C(=O)N[C@H](C(=O)O)C(C)C. The van der Waals surface area contributed by atoms with Gasteiger partial charge >= 0.3 is 12.0 Å². The second-order valence-corrected chi connectivity index (χ2v) is 8.85. The summed E-state index contributed by atoms with van der Waals surface area (Å²) in [4.78, 5) is 69.4. The molecule has 0 bridgehead atoms. The number of nitrogens with zero attached hydrogens (tertiary/aromatic N) is 2. The summed E-state index contributed by atoms with van der Waals surface area (Å²) in [6, 6.07) is -2.70. The molecule has 3 atom stereocenters. The molecule has 1 aromatic carbocycles. The minimum Gasteiger partial charge on any atom is -0.480 e. The molecule has 0 radical (unpaired) electrons. The number of hydrogen-bond donors (Lipinski definition) is 6. The Morgan fingerprint density at radius 1 is 0.865 bits per heavy atom. The minimum absolute atomic E-state index is 0.105. The molecule has 0 aliphatic heterocycles. The first-order valence-electron chi connectivity index (χ1n) is 11.1. The molecular formula is C21H30N6O10. The summed E-state index contributed by atoms with van der Waals surface area (Å²) in [6.07, 6.45) is 0.115. The number of aliphatic hydroxyl groups is 1. The average molecular weight is 527 g/mol. The zero-order valence-electron chi connectivity index (χ0n) is 20.6. The fraction of sp³-hybridized carbons (Fsp3) is 0.524. The maximum atomic E-state index is 12.7. The van der Waals surface area contributed by atoms with E-state index in [1.807, 2.05) is 0 Å². The second kappa shape index (κ2) is 13.7. The number of urea groups is 1. The monoisotopic (exact) mass is 526 g/mol. The number of benzene rings is 1. The quantitative estimate of drug-likeness (QED) is 0.155. The summed E-state index contributed by atoms with van der Waals surface area (Å²) in [5.41, 5.74) is -1.64. The lowest BCUT2D eigenvalue weighted by Gasteiger charge is -2.26. The topological polar surface area (TPSA) is 243 Å². The number of hydrogen-bond acceptors (Lipinski definition) is 9. The summed E-state index contributed by atoms with van der Waals surface area (Å²) in [5, 5.41) is 49.9. The third-order valence-electron chi connectivity index (χ3n) is 4.96. The first kappa shape index (κ1) is 30.7. The predicted molar refractivity (Wildman–Crippen MR) is 129 cm³/mol. The van der Waals surface area contributed by atoms with E-state index in [0.29, 0.717) is 6.07 Å². The summed E-state index contributed by atoms with van der Waals surface area (Å²) in [5.74, 6) is -3.55. The Morgan fingerprint density at radius 2 is 1.38 bits per heavy atom. The highest BCUT2D eigenvalue weighted by molar-refractivity contribution is 5.96. The van der Waals surface area contributed by atoms with Gasteiger partial charge in [0.15, 0.2) is 0 Å². The molecule has 204 valence electrons. The summed E-state index contributed by atoms with van der Waals surface area (Å²) in [6.45, 7) is 5.80. The van der Waals surface area contributed by atoms with Crippen LogP contribution in [0.2, 0.25) is 0 Å². The molecule has 0 saturated carbocycles. The zero-order chi connectivity index (χ0) is 28.4. The number of anilines is 1. The average Bonchev–Trinajstić information content (AvgIpc) is 2.79. The fourth-order valence-corrected chi connectivity index (χ4v) is 3.14. The van der Waals surface area contributed by atoms with Gasteiger partial charge in [0.1, 0.15) is 18.1 Å². The van der Waals surface area contributed by atoms with Crippen molar-refractivity contribution in [2.75, 3.05) is 11.9 Å². The maximum Gasteiger partial charge on any atom is 0.326 e. The fourth-order valence-electron chi connectivity index (χ4n) is 3.14. The van der Waals surface area contributed by atoms with Crippen LogP contribution < -0.4 is 21.3 Å². The van der Waals surface area contributed by atoms with Gasteiger partial charge < -0.3 is 31.5 Å². The van der Waals surface area contributed by atoms with Crippen LogP contribution in [0.25, 0.3) is 0 Å². The minimum atomic E-state index is -1.59.